The summed E-state index contributed by atoms with van der Waals surface area (Å²) in [7, 11) is 0. The van der Waals surface area contributed by atoms with E-state index in [0.29, 0.717) is 24.2 Å². The second-order valence-electron chi connectivity index (χ2n) is 10.9. The van der Waals surface area contributed by atoms with Gasteiger partial charge in [0.2, 0.25) is 0 Å². The fraction of sp³-hybridized carbons (Fsp3) is 0.607. The Morgan fingerprint density at radius 2 is 1.88 bits per heavy atom. The van der Waals surface area contributed by atoms with Gasteiger partial charge in [0, 0.05) is 30.2 Å². The average Bonchev–Trinajstić information content (AvgIpc) is 3.46. The first-order valence-corrected chi connectivity index (χ1v) is 12.5. The Morgan fingerprint density at radius 3 is 2.48 bits per heavy atom. The van der Waals surface area contributed by atoms with E-state index in [9.17, 15) is 14.7 Å². The van der Waals surface area contributed by atoms with Gasteiger partial charge in [0.1, 0.15) is 11.5 Å². The van der Waals surface area contributed by atoms with Gasteiger partial charge in [0.25, 0.3) is 0 Å². The van der Waals surface area contributed by atoms with Crippen molar-refractivity contribution in [1.82, 2.24) is 5.16 Å². The minimum absolute atomic E-state index is 0.0312. The maximum Gasteiger partial charge on any atom is 0.304 e. The van der Waals surface area contributed by atoms with Crippen molar-refractivity contribution in [2.45, 2.75) is 90.9 Å². The number of aliphatic carboxylic acids is 1. The lowest BCUT2D eigenvalue weighted by Gasteiger charge is -2.35. The molecule has 1 heterocycles. The summed E-state index contributed by atoms with van der Waals surface area (Å²) in [4.78, 5) is 24.8. The first-order chi connectivity index (χ1) is 15.7. The van der Waals surface area contributed by atoms with E-state index in [-0.39, 0.29) is 18.6 Å². The third-order valence-corrected chi connectivity index (χ3v) is 7.41. The van der Waals surface area contributed by atoms with Crippen molar-refractivity contribution in [3.05, 3.63) is 51.9 Å². The van der Waals surface area contributed by atoms with Crippen molar-refractivity contribution in [2.75, 3.05) is 0 Å². The predicted octanol–water partition coefficient (Wildman–Crippen LogP) is 6.15. The maximum atomic E-state index is 13.2. The highest BCUT2D eigenvalue weighted by atomic mass is 16.5. The number of rotatable bonds is 11. The topological polar surface area (TPSA) is 80.4 Å². The van der Waals surface area contributed by atoms with Crippen LogP contribution in [0.4, 0.5) is 0 Å². The molecule has 1 aromatic heterocycles. The fourth-order valence-electron chi connectivity index (χ4n) is 5.52. The van der Waals surface area contributed by atoms with Crippen molar-refractivity contribution in [1.29, 1.82) is 0 Å². The van der Waals surface area contributed by atoms with Crippen LogP contribution in [0.15, 0.2) is 22.7 Å². The van der Waals surface area contributed by atoms with Gasteiger partial charge in [-0.15, -0.1) is 0 Å². The van der Waals surface area contributed by atoms with Crippen molar-refractivity contribution in [2.24, 2.45) is 17.8 Å². The molecule has 5 nitrogen and oxygen atoms in total. The summed E-state index contributed by atoms with van der Waals surface area (Å²) >= 11 is 0. The number of aromatic nitrogens is 1. The molecule has 2 saturated carbocycles. The zero-order chi connectivity index (χ0) is 23.7. The molecule has 1 aromatic carbocycles. The number of nitrogens with zero attached hydrogens (tertiary/aromatic N) is 1. The van der Waals surface area contributed by atoms with Crippen molar-refractivity contribution in [3.8, 4) is 0 Å². The average molecular weight is 452 g/mol. The fourth-order valence-corrected chi connectivity index (χ4v) is 5.52. The van der Waals surface area contributed by atoms with Crippen LogP contribution in [0.2, 0.25) is 0 Å². The highest BCUT2D eigenvalue weighted by Gasteiger charge is 2.40. The zero-order valence-electron chi connectivity index (χ0n) is 20.4. The first kappa shape index (κ1) is 23.7. The van der Waals surface area contributed by atoms with Gasteiger partial charge in [-0.3, -0.25) is 9.59 Å². The van der Waals surface area contributed by atoms with Crippen LogP contribution in [0.1, 0.15) is 97.9 Å². The van der Waals surface area contributed by atoms with Crippen LogP contribution in [-0.2, 0) is 22.4 Å². The summed E-state index contributed by atoms with van der Waals surface area (Å²) in [6.45, 7) is 8.57. The molecular formula is C28H37NO4. The number of ketones is 1. The van der Waals surface area contributed by atoms with E-state index in [1.807, 2.05) is 26.0 Å². The molecule has 178 valence electrons. The van der Waals surface area contributed by atoms with Gasteiger partial charge >= 0.3 is 5.97 Å². The Bertz CT molecular complexity index is 1010. The summed E-state index contributed by atoms with van der Waals surface area (Å²) in [5.41, 5.74) is 5.20. The Hall–Kier alpha value is -2.43. The molecule has 0 spiro atoms. The summed E-state index contributed by atoms with van der Waals surface area (Å²) < 4.78 is 5.88. The maximum absolute atomic E-state index is 13.2. The lowest BCUT2D eigenvalue weighted by atomic mass is 9.69. The van der Waals surface area contributed by atoms with Crippen molar-refractivity contribution >= 4 is 11.8 Å². The molecule has 0 bridgehead atoms. The molecular weight excluding hydrogens is 414 g/mol. The molecule has 1 N–H and O–H groups in total. The van der Waals surface area contributed by atoms with Gasteiger partial charge in [-0.1, -0.05) is 42.8 Å². The normalized spacial score (nSPS) is 21.1. The Morgan fingerprint density at radius 1 is 1.15 bits per heavy atom. The molecule has 0 amide bonds. The number of Topliss-reactive ketones (excluding diaryl/α,β-unsaturated/α-hetero) is 1. The number of carboxylic acid groups (broad SMARTS) is 1. The third kappa shape index (κ3) is 5.74. The monoisotopic (exact) mass is 451 g/mol. The number of carbonyl (C=O) groups is 2. The smallest absolute Gasteiger partial charge is 0.304 e. The van der Waals surface area contributed by atoms with Crippen LogP contribution in [-0.4, -0.2) is 22.0 Å². The minimum atomic E-state index is -0.943. The molecule has 2 fully saturated rings. The molecule has 2 aliphatic rings. The summed E-state index contributed by atoms with van der Waals surface area (Å²) in [5.74, 6) is 1.81. The number of carboxylic acids is 1. The van der Waals surface area contributed by atoms with Gasteiger partial charge in [0.05, 0.1) is 12.1 Å². The van der Waals surface area contributed by atoms with E-state index in [4.69, 9.17) is 4.52 Å². The molecule has 4 rings (SSSR count). The third-order valence-electron chi connectivity index (χ3n) is 7.41. The predicted molar refractivity (Wildman–Crippen MR) is 127 cm³/mol. The van der Waals surface area contributed by atoms with Gasteiger partial charge in [-0.25, -0.2) is 0 Å². The van der Waals surface area contributed by atoms with Gasteiger partial charge in [-0.2, -0.15) is 0 Å². The van der Waals surface area contributed by atoms with E-state index in [1.54, 1.807) is 0 Å². The van der Waals surface area contributed by atoms with Crippen LogP contribution >= 0.6 is 0 Å². The number of aryl methyl sites for hydroxylation is 2. The second-order valence-corrected chi connectivity index (χ2v) is 10.9. The Balaban J connectivity index is 1.50. The lowest BCUT2D eigenvalue weighted by Crippen LogP contribution is -2.24. The van der Waals surface area contributed by atoms with Crippen LogP contribution in [0.25, 0.3) is 0 Å². The van der Waals surface area contributed by atoms with E-state index in [0.717, 1.165) is 59.7 Å². The molecule has 0 radical (unpaired) electrons. The largest absolute Gasteiger partial charge is 0.481 e. The molecule has 2 aliphatic carbocycles. The first-order valence-electron chi connectivity index (χ1n) is 12.5. The van der Waals surface area contributed by atoms with E-state index < -0.39 is 11.9 Å². The van der Waals surface area contributed by atoms with Gasteiger partial charge in [0.15, 0.2) is 0 Å². The highest BCUT2D eigenvalue weighted by molar-refractivity contribution is 5.87. The molecule has 0 saturated heterocycles. The Labute approximate surface area is 196 Å². The molecule has 0 aliphatic heterocycles. The van der Waals surface area contributed by atoms with Crippen LogP contribution < -0.4 is 0 Å². The number of hydrogen-bond acceptors (Lipinski definition) is 4. The van der Waals surface area contributed by atoms with Crippen LogP contribution in [0.5, 0.6) is 0 Å². The van der Waals surface area contributed by atoms with E-state index >= 15 is 0 Å². The van der Waals surface area contributed by atoms with Gasteiger partial charge < -0.3 is 9.63 Å². The van der Waals surface area contributed by atoms with Crippen LogP contribution in [0, 0.1) is 31.6 Å². The molecule has 33 heavy (non-hydrogen) atoms. The summed E-state index contributed by atoms with van der Waals surface area (Å²) in [6, 6.07) is 6.05. The van der Waals surface area contributed by atoms with Crippen LogP contribution in [0.3, 0.4) is 0 Å². The zero-order valence-corrected chi connectivity index (χ0v) is 20.4. The molecule has 1 atom stereocenters. The quantitative estimate of drug-likeness (QED) is 0.443. The Kier molecular flexibility index (Phi) is 7.06. The van der Waals surface area contributed by atoms with E-state index in [1.165, 1.54) is 12.0 Å². The summed E-state index contributed by atoms with van der Waals surface area (Å²) in [5, 5.41) is 13.9. The van der Waals surface area contributed by atoms with Gasteiger partial charge in [-0.05, 0) is 74.8 Å². The lowest BCUT2D eigenvalue weighted by molar-refractivity contribution is -0.140. The number of hydrogen-bond donors (Lipinski definition) is 1. The SMILES string of the molecule is Cc1ccc(CC(=O)[C@@H](CC(=O)O)Cc2noc(C3CC(CC(C)C)C3)c2C2CC2)c(C)c1. The van der Waals surface area contributed by atoms with Crippen molar-refractivity contribution < 1.29 is 19.2 Å². The summed E-state index contributed by atoms with van der Waals surface area (Å²) in [6.07, 6.45) is 6.25. The second kappa shape index (κ2) is 9.82. The number of carbonyl (C=O) groups excluding carboxylic acids is 1. The molecule has 5 heteroatoms. The standard InChI is InChI=1S/C28H37NO4/c1-16(2)9-19-11-23(12-19)28-27(20-7-8-20)24(29-33-28)13-22(15-26(31)32)25(30)14-21-6-5-17(3)10-18(21)4/h5-6,10,16,19-20,22-23H,7-9,11-15H2,1-4H3,(H,31,32)/t19?,22-,23?/m1/s1. The number of benzene rings is 1. The highest BCUT2D eigenvalue weighted by Crippen LogP contribution is 2.51. The van der Waals surface area contributed by atoms with E-state index in [2.05, 4.69) is 25.1 Å². The van der Waals surface area contributed by atoms with Crippen molar-refractivity contribution in [3.63, 3.8) is 0 Å². The minimum Gasteiger partial charge on any atom is -0.481 e. The molecule has 2 aromatic rings. The molecule has 0 unspecified atom stereocenters.